The summed E-state index contributed by atoms with van der Waals surface area (Å²) < 4.78 is 5.16. The predicted molar refractivity (Wildman–Crippen MR) is 80.9 cm³/mol. The van der Waals surface area contributed by atoms with E-state index < -0.39 is 0 Å². The molecule has 0 radical (unpaired) electrons. The fourth-order valence-corrected chi connectivity index (χ4v) is 1.94. The van der Waals surface area contributed by atoms with Crippen LogP contribution in [0.1, 0.15) is 22.4 Å². The Bertz CT molecular complexity index is 654. The summed E-state index contributed by atoms with van der Waals surface area (Å²) in [6.45, 7) is 1.97. The van der Waals surface area contributed by atoms with Crippen molar-refractivity contribution in [3.8, 4) is 11.5 Å². The van der Waals surface area contributed by atoms with E-state index in [4.69, 9.17) is 4.74 Å². The first-order valence-corrected chi connectivity index (χ1v) is 6.56. The van der Waals surface area contributed by atoms with E-state index in [0.717, 1.165) is 11.3 Å². The molecule has 1 heterocycles. The minimum absolute atomic E-state index is 0.0518. The lowest BCUT2D eigenvalue weighted by Gasteiger charge is -2.07. The number of aliphatic imine (C=N–C) groups is 1. The summed E-state index contributed by atoms with van der Waals surface area (Å²) in [6.07, 6.45) is 3.11. The summed E-state index contributed by atoms with van der Waals surface area (Å²) in [5, 5.41) is 19.3. The molecule has 0 saturated carbocycles. The van der Waals surface area contributed by atoms with Gasteiger partial charge in [-0.1, -0.05) is 12.1 Å². The number of aliphatic hydroxyl groups excluding tert-OH is 1. The molecule has 0 bridgehead atoms. The normalized spacial score (nSPS) is 11.0. The standard InChI is InChI=1S/C16H18N2O3/c1-11-16(20)15(13(10-19)8-18-11)9-17-7-12-4-3-5-14(6-12)21-2/h3-6,8-9,19-20H,7,10H2,1-2H3. The van der Waals surface area contributed by atoms with Crippen LogP contribution in [-0.2, 0) is 13.2 Å². The Morgan fingerprint density at radius 2 is 2.19 bits per heavy atom. The van der Waals surface area contributed by atoms with Gasteiger partial charge in [0, 0.05) is 23.5 Å². The lowest BCUT2D eigenvalue weighted by atomic mass is 10.1. The smallest absolute Gasteiger partial charge is 0.145 e. The lowest BCUT2D eigenvalue weighted by Crippen LogP contribution is -1.98. The Balaban J connectivity index is 2.19. The molecular weight excluding hydrogens is 268 g/mol. The largest absolute Gasteiger partial charge is 0.505 e. The summed E-state index contributed by atoms with van der Waals surface area (Å²) in [7, 11) is 1.62. The van der Waals surface area contributed by atoms with Crippen LogP contribution in [0, 0.1) is 6.92 Å². The van der Waals surface area contributed by atoms with Gasteiger partial charge in [0.2, 0.25) is 0 Å². The van der Waals surface area contributed by atoms with Gasteiger partial charge in [-0.25, -0.2) is 0 Å². The zero-order valence-electron chi connectivity index (χ0n) is 12.1. The van der Waals surface area contributed by atoms with Crippen LogP contribution in [0.4, 0.5) is 0 Å². The van der Waals surface area contributed by atoms with E-state index >= 15 is 0 Å². The average Bonchev–Trinajstić information content (AvgIpc) is 2.52. The fourth-order valence-electron chi connectivity index (χ4n) is 1.94. The van der Waals surface area contributed by atoms with Gasteiger partial charge in [-0.2, -0.15) is 0 Å². The molecule has 1 aromatic carbocycles. The number of hydrogen-bond donors (Lipinski definition) is 2. The molecule has 1 aromatic heterocycles. The number of pyridine rings is 1. The molecule has 0 spiro atoms. The van der Waals surface area contributed by atoms with E-state index in [1.165, 1.54) is 0 Å². The Morgan fingerprint density at radius 3 is 2.90 bits per heavy atom. The number of aromatic nitrogens is 1. The Hall–Kier alpha value is -2.40. The van der Waals surface area contributed by atoms with Crippen molar-refractivity contribution < 1.29 is 14.9 Å². The summed E-state index contributed by atoms with van der Waals surface area (Å²) in [4.78, 5) is 8.33. The van der Waals surface area contributed by atoms with Crippen molar-refractivity contribution in [1.82, 2.24) is 4.98 Å². The molecule has 21 heavy (non-hydrogen) atoms. The molecule has 0 unspecified atom stereocenters. The molecule has 2 rings (SSSR count). The van der Waals surface area contributed by atoms with Crippen LogP contribution in [0.3, 0.4) is 0 Å². The summed E-state index contributed by atoms with van der Waals surface area (Å²) >= 11 is 0. The van der Waals surface area contributed by atoms with Gasteiger partial charge in [-0.3, -0.25) is 9.98 Å². The number of nitrogens with zero attached hydrogens (tertiary/aromatic N) is 2. The third-order valence-corrected chi connectivity index (χ3v) is 3.16. The number of aromatic hydroxyl groups is 1. The highest BCUT2D eigenvalue weighted by Gasteiger charge is 2.08. The van der Waals surface area contributed by atoms with E-state index in [9.17, 15) is 10.2 Å². The van der Waals surface area contributed by atoms with Gasteiger partial charge < -0.3 is 14.9 Å². The summed E-state index contributed by atoms with van der Waals surface area (Å²) in [6, 6.07) is 7.62. The van der Waals surface area contributed by atoms with Crippen molar-refractivity contribution in [2.24, 2.45) is 4.99 Å². The molecule has 2 aromatic rings. The van der Waals surface area contributed by atoms with Crippen molar-refractivity contribution >= 4 is 6.21 Å². The molecule has 0 aliphatic carbocycles. The molecular formula is C16H18N2O3. The monoisotopic (exact) mass is 286 g/mol. The zero-order chi connectivity index (χ0) is 15.2. The molecule has 0 amide bonds. The minimum atomic E-state index is -0.193. The quantitative estimate of drug-likeness (QED) is 0.826. The summed E-state index contributed by atoms with van der Waals surface area (Å²) in [5.41, 5.74) is 2.57. The van der Waals surface area contributed by atoms with Crippen LogP contribution in [0.25, 0.3) is 0 Å². The van der Waals surface area contributed by atoms with Gasteiger partial charge in [0.1, 0.15) is 11.5 Å². The SMILES string of the molecule is COc1cccc(CN=Cc2c(CO)cnc(C)c2O)c1. The maximum absolute atomic E-state index is 10.0. The van der Waals surface area contributed by atoms with Gasteiger partial charge in [0.25, 0.3) is 0 Å². The van der Waals surface area contributed by atoms with E-state index in [1.807, 2.05) is 24.3 Å². The van der Waals surface area contributed by atoms with Gasteiger partial charge in [-0.15, -0.1) is 0 Å². The maximum Gasteiger partial charge on any atom is 0.145 e. The van der Waals surface area contributed by atoms with Crippen molar-refractivity contribution in [3.63, 3.8) is 0 Å². The Morgan fingerprint density at radius 1 is 1.38 bits per heavy atom. The van der Waals surface area contributed by atoms with Gasteiger partial charge in [0.05, 0.1) is 26.0 Å². The number of aliphatic hydroxyl groups is 1. The first-order valence-electron chi connectivity index (χ1n) is 6.56. The molecule has 110 valence electrons. The highest BCUT2D eigenvalue weighted by atomic mass is 16.5. The van der Waals surface area contributed by atoms with E-state index in [1.54, 1.807) is 26.4 Å². The number of benzene rings is 1. The van der Waals surface area contributed by atoms with Crippen LogP contribution in [0.2, 0.25) is 0 Å². The second-order valence-electron chi connectivity index (χ2n) is 4.61. The molecule has 2 N–H and O–H groups in total. The lowest BCUT2D eigenvalue weighted by molar-refractivity contribution is 0.280. The second kappa shape index (κ2) is 6.85. The van der Waals surface area contributed by atoms with Gasteiger partial charge in [-0.05, 0) is 24.6 Å². The first kappa shape index (κ1) is 15.0. The van der Waals surface area contributed by atoms with Gasteiger partial charge >= 0.3 is 0 Å². The molecule has 5 nitrogen and oxygen atoms in total. The highest BCUT2D eigenvalue weighted by Crippen LogP contribution is 2.22. The third-order valence-electron chi connectivity index (χ3n) is 3.16. The van der Waals surface area contributed by atoms with Crippen molar-refractivity contribution in [1.29, 1.82) is 0 Å². The molecule has 0 saturated heterocycles. The zero-order valence-corrected chi connectivity index (χ0v) is 12.1. The Labute approximate surface area is 123 Å². The second-order valence-corrected chi connectivity index (χ2v) is 4.61. The number of aryl methyl sites for hydroxylation is 1. The number of methoxy groups -OCH3 is 1. The van der Waals surface area contributed by atoms with Crippen LogP contribution in [0.15, 0.2) is 35.5 Å². The van der Waals surface area contributed by atoms with E-state index in [-0.39, 0.29) is 12.4 Å². The highest BCUT2D eigenvalue weighted by molar-refractivity contribution is 5.85. The summed E-state index contributed by atoms with van der Waals surface area (Å²) in [5.74, 6) is 0.831. The van der Waals surface area contributed by atoms with E-state index in [0.29, 0.717) is 23.4 Å². The number of hydrogen-bond acceptors (Lipinski definition) is 5. The van der Waals surface area contributed by atoms with Crippen LogP contribution >= 0.6 is 0 Å². The molecule has 5 heteroatoms. The van der Waals surface area contributed by atoms with Crippen molar-refractivity contribution in [2.45, 2.75) is 20.1 Å². The first-order chi connectivity index (χ1) is 10.2. The third kappa shape index (κ3) is 3.58. The molecule has 0 fully saturated rings. The van der Waals surface area contributed by atoms with Crippen LogP contribution in [-0.4, -0.2) is 28.5 Å². The Kier molecular flexibility index (Phi) is 4.90. The van der Waals surface area contributed by atoms with Crippen molar-refractivity contribution in [2.75, 3.05) is 7.11 Å². The van der Waals surface area contributed by atoms with Crippen molar-refractivity contribution in [3.05, 3.63) is 52.8 Å². The van der Waals surface area contributed by atoms with Gasteiger partial charge in [0.15, 0.2) is 0 Å². The molecule has 0 aliphatic heterocycles. The van der Waals surface area contributed by atoms with Crippen LogP contribution in [0.5, 0.6) is 11.5 Å². The average molecular weight is 286 g/mol. The fraction of sp³-hybridized carbons (Fsp3) is 0.250. The number of rotatable bonds is 5. The topological polar surface area (TPSA) is 74.9 Å². The van der Waals surface area contributed by atoms with Crippen LogP contribution < -0.4 is 4.74 Å². The predicted octanol–water partition coefficient (Wildman–Crippen LogP) is 2.22. The minimum Gasteiger partial charge on any atom is -0.505 e. The molecule has 0 atom stereocenters. The van der Waals surface area contributed by atoms with E-state index in [2.05, 4.69) is 9.98 Å². The number of ether oxygens (including phenoxy) is 1. The molecule has 0 aliphatic rings. The maximum atomic E-state index is 10.0.